The number of benzene rings is 1. The molecule has 0 atom stereocenters. The summed E-state index contributed by atoms with van der Waals surface area (Å²) in [4.78, 5) is 1.24. The summed E-state index contributed by atoms with van der Waals surface area (Å²) >= 11 is 3.84. The van der Waals surface area contributed by atoms with E-state index >= 15 is 0 Å². The Morgan fingerprint density at radius 3 is 2.18 bits per heavy atom. The monoisotopic (exact) mass is 418 g/mol. The molecule has 0 aliphatic carbocycles. The van der Waals surface area contributed by atoms with Crippen molar-refractivity contribution in [3.8, 4) is 5.75 Å². The molecule has 0 saturated carbocycles. The molecule has 0 unspecified atom stereocenters. The molecule has 0 fully saturated rings. The van der Waals surface area contributed by atoms with Gasteiger partial charge in [-0.1, -0.05) is 34.9 Å². The minimum absolute atomic E-state index is 0.0972. The van der Waals surface area contributed by atoms with Crippen molar-refractivity contribution in [2.24, 2.45) is 0 Å². The Labute approximate surface area is 181 Å². The number of aromatic hydroxyl groups is 1. The van der Waals surface area contributed by atoms with Gasteiger partial charge in [0.25, 0.3) is 0 Å². The van der Waals surface area contributed by atoms with Gasteiger partial charge < -0.3 is 5.11 Å². The lowest BCUT2D eigenvalue weighted by atomic mass is 10.1. The predicted octanol–water partition coefficient (Wildman–Crippen LogP) is 8.68. The van der Waals surface area contributed by atoms with Crippen molar-refractivity contribution in [2.75, 3.05) is 5.75 Å². The van der Waals surface area contributed by atoms with Crippen molar-refractivity contribution in [3.63, 3.8) is 0 Å². The molecular weight excluding hydrogens is 380 g/mol. The molecule has 0 aromatic heterocycles. The van der Waals surface area contributed by atoms with Crippen LogP contribution in [0.5, 0.6) is 5.75 Å². The number of allylic oxidation sites excluding steroid dienone is 5. The van der Waals surface area contributed by atoms with Gasteiger partial charge in [0.05, 0.1) is 4.08 Å². The van der Waals surface area contributed by atoms with Crippen molar-refractivity contribution in [2.45, 2.75) is 83.1 Å². The summed E-state index contributed by atoms with van der Waals surface area (Å²) < 4.78 is 0.0972. The molecule has 156 valence electrons. The molecule has 1 aromatic carbocycles. The van der Waals surface area contributed by atoms with Gasteiger partial charge in [-0.25, -0.2) is 0 Å². The van der Waals surface area contributed by atoms with Gasteiger partial charge in [-0.2, -0.15) is 0 Å². The minimum atomic E-state index is 0.0972. The third-order valence-corrected chi connectivity index (χ3v) is 7.30. The van der Waals surface area contributed by atoms with E-state index in [0.717, 1.165) is 30.6 Å². The molecule has 1 rings (SSSR count). The van der Waals surface area contributed by atoms with Gasteiger partial charge in [-0.05, 0) is 97.9 Å². The van der Waals surface area contributed by atoms with Crippen molar-refractivity contribution >= 4 is 23.5 Å². The van der Waals surface area contributed by atoms with E-state index in [4.69, 9.17) is 0 Å². The number of phenolic OH excluding ortho intramolecular Hbond substituents is 1. The maximum absolute atomic E-state index is 9.58. The molecule has 0 amide bonds. The summed E-state index contributed by atoms with van der Waals surface area (Å²) in [7, 11) is 0. The van der Waals surface area contributed by atoms with E-state index in [9.17, 15) is 5.11 Å². The van der Waals surface area contributed by atoms with Gasteiger partial charge in [-0.15, -0.1) is 23.5 Å². The van der Waals surface area contributed by atoms with Gasteiger partial charge in [0.2, 0.25) is 0 Å². The molecule has 3 heteroatoms. The Morgan fingerprint density at radius 1 is 0.964 bits per heavy atom. The Morgan fingerprint density at radius 2 is 1.57 bits per heavy atom. The number of aryl methyl sites for hydroxylation is 1. The average Bonchev–Trinajstić information content (AvgIpc) is 2.57. The van der Waals surface area contributed by atoms with Crippen LogP contribution in [0.2, 0.25) is 0 Å². The maximum atomic E-state index is 9.58. The van der Waals surface area contributed by atoms with Crippen LogP contribution in [-0.4, -0.2) is 14.9 Å². The fourth-order valence-corrected chi connectivity index (χ4v) is 5.13. The number of hydrogen-bond acceptors (Lipinski definition) is 3. The van der Waals surface area contributed by atoms with Gasteiger partial charge in [-0.3, -0.25) is 0 Å². The zero-order valence-corrected chi connectivity index (χ0v) is 20.4. The van der Waals surface area contributed by atoms with Crippen LogP contribution in [-0.2, 0) is 0 Å². The first kappa shape index (κ1) is 25.0. The van der Waals surface area contributed by atoms with Crippen molar-refractivity contribution < 1.29 is 5.11 Å². The molecule has 1 nitrogen and oxygen atoms in total. The third kappa shape index (κ3) is 11.1. The van der Waals surface area contributed by atoms with Crippen LogP contribution in [0.3, 0.4) is 0 Å². The fourth-order valence-electron chi connectivity index (χ4n) is 2.77. The Hall–Kier alpha value is -1.06. The zero-order valence-electron chi connectivity index (χ0n) is 18.8. The van der Waals surface area contributed by atoms with Crippen LogP contribution in [0.25, 0.3) is 0 Å². The van der Waals surface area contributed by atoms with E-state index in [1.165, 1.54) is 28.0 Å². The SMILES string of the molecule is CC(C)=CCCC(C)=CCCC(C)=CCSC(C)(C)Sc1ccc(O)cc1C. The molecule has 0 radical (unpaired) electrons. The molecule has 0 spiro atoms. The topological polar surface area (TPSA) is 20.2 Å². The van der Waals surface area contributed by atoms with Crippen LogP contribution in [0.15, 0.2) is 58.0 Å². The second-order valence-corrected chi connectivity index (χ2v) is 11.8. The highest BCUT2D eigenvalue weighted by atomic mass is 32.2. The number of thioether (sulfide) groups is 2. The quantitative estimate of drug-likeness (QED) is 0.220. The normalized spacial score (nSPS) is 13.0. The van der Waals surface area contributed by atoms with Crippen LogP contribution < -0.4 is 0 Å². The molecule has 0 bridgehead atoms. The van der Waals surface area contributed by atoms with Crippen molar-refractivity contribution in [1.82, 2.24) is 0 Å². The highest BCUT2D eigenvalue weighted by molar-refractivity contribution is 8.18. The Balaban J connectivity index is 2.40. The summed E-state index contributed by atoms with van der Waals surface area (Å²) in [5, 5.41) is 9.58. The number of rotatable bonds is 11. The van der Waals surface area contributed by atoms with E-state index in [1.54, 1.807) is 6.07 Å². The first-order valence-corrected chi connectivity index (χ1v) is 12.0. The maximum Gasteiger partial charge on any atom is 0.115 e. The van der Waals surface area contributed by atoms with E-state index in [0.29, 0.717) is 5.75 Å². The third-order valence-electron chi connectivity index (χ3n) is 4.50. The van der Waals surface area contributed by atoms with E-state index in [2.05, 4.69) is 66.7 Å². The van der Waals surface area contributed by atoms with Gasteiger partial charge in [0.1, 0.15) is 5.75 Å². The largest absolute Gasteiger partial charge is 0.508 e. The highest BCUT2D eigenvalue weighted by Crippen LogP contribution is 2.43. The van der Waals surface area contributed by atoms with Gasteiger partial charge in [0.15, 0.2) is 0 Å². The van der Waals surface area contributed by atoms with E-state index in [1.807, 2.05) is 35.7 Å². The second kappa shape index (κ2) is 12.5. The van der Waals surface area contributed by atoms with Crippen molar-refractivity contribution in [3.05, 3.63) is 58.7 Å². The number of hydrogen-bond donors (Lipinski definition) is 1. The molecule has 0 aliphatic rings. The lowest BCUT2D eigenvalue weighted by Gasteiger charge is -2.24. The molecule has 0 heterocycles. The Kier molecular flexibility index (Phi) is 11.1. The van der Waals surface area contributed by atoms with E-state index < -0.39 is 0 Å². The van der Waals surface area contributed by atoms with Crippen LogP contribution in [0, 0.1) is 6.92 Å². The van der Waals surface area contributed by atoms with Crippen LogP contribution in [0.4, 0.5) is 0 Å². The summed E-state index contributed by atoms with van der Waals surface area (Å²) in [5.41, 5.74) is 5.52. The summed E-state index contributed by atoms with van der Waals surface area (Å²) in [5.74, 6) is 1.37. The molecule has 0 aliphatic heterocycles. The first-order valence-electron chi connectivity index (χ1n) is 10.2. The lowest BCUT2D eigenvalue weighted by Crippen LogP contribution is -2.09. The molecular formula is C25H38OS2. The minimum Gasteiger partial charge on any atom is -0.508 e. The second-order valence-electron chi connectivity index (χ2n) is 8.22. The standard InChI is InChI=1S/C25H38OS2/c1-19(2)10-8-11-20(3)12-9-13-21(4)16-17-27-25(6,7)28-24-15-14-23(26)18-22(24)5/h10,12,14-16,18,26H,8-9,11,13,17H2,1-7H3. The summed E-state index contributed by atoms with van der Waals surface area (Å²) in [6.07, 6.45) is 11.7. The number of phenols is 1. The van der Waals surface area contributed by atoms with Crippen LogP contribution >= 0.6 is 23.5 Å². The molecule has 1 aromatic rings. The average molecular weight is 419 g/mol. The smallest absolute Gasteiger partial charge is 0.115 e. The van der Waals surface area contributed by atoms with Gasteiger partial charge in [0, 0.05) is 10.6 Å². The molecule has 0 saturated heterocycles. The zero-order chi connectivity index (χ0) is 21.2. The molecule has 28 heavy (non-hydrogen) atoms. The first-order chi connectivity index (χ1) is 13.1. The van der Waals surface area contributed by atoms with Crippen molar-refractivity contribution in [1.29, 1.82) is 0 Å². The predicted molar refractivity (Wildman–Crippen MR) is 131 cm³/mol. The summed E-state index contributed by atoms with van der Waals surface area (Å²) in [6.45, 7) is 15.4. The van der Waals surface area contributed by atoms with E-state index in [-0.39, 0.29) is 4.08 Å². The summed E-state index contributed by atoms with van der Waals surface area (Å²) in [6, 6.07) is 5.63. The molecule has 1 N–H and O–H groups in total. The van der Waals surface area contributed by atoms with Gasteiger partial charge >= 0.3 is 0 Å². The fraction of sp³-hybridized carbons (Fsp3) is 0.520. The highest BCUT2D eigenvalue weighted by Gasteiger charge is 2.20. The Bertz CT molecular complexity index is 707. The van der Waals surface area contributed by atoms with Crippen LogP contribution in [0.1, 0.15) is 72.8 Å². The lowest BCUT2D eigenvalue weighted by molar-refractivity contribution is 0.474.